The predicted molar refractivity (Wildman–Crippen MR) is 87.7 cm³/mol. The molecule has 21 heavy (non-hydrogen) atoms. The van der Waals surface area contributed by atoms with Crippen molar-refractivity contribution in [3.8, 4) is 0 Å². The summed E-state index contributed by atoms with van der Waals surface area (Å²) in [6.07, 6.45) is 1.01. The van der Waals surface area contributed by atoms with Gasteiger partial charge in [0.1, 0.15) is 5.82 Å². The Kier molecular flexibility index (Phi) is 5.34. The molecule has 2 aromatic carbocycles. The van der Waals surface area contributed by atoms with Crippen LogP contribution in [0.25, 0.3) is 0 Å². The molecule has 0 aromatic heterocycles. The Morgan fingerprint density at radius 3 is 2.24 bits per heavy atom. The third-order valence-corrected chi connectivity index (χ3v) is 3.68. The van der Waals surface area contributed by atoms with Crippen molar-refractivity contribution in [2.24, 2.45) is 0 Å². The first-order valence-electron chi connectivity index (χ1n) is 7.47. The highest BCUT2D eigenvalue weighted by atomic mass is 19.1. The Hall–Kier alpha value is -1.87. The van der Waals surface area contributed by atoms with E-state index in [4.69, 9.17) is 0 Å². The van der Waals surface area contributed by atoms with Crippen LogP contribution in [0.3, 0.4) is 0 Å². The van der Waals surface area contributed by atoms with Gasteiger partial charge in [0.2, 0.25) is 0 Å². The Bertz CT molecular complexity index is 578. The maximum Gasteiger partial charge on any atom is 0.147 e. The molecule has 3 heteroatoms. The maximum atomic E-state index is 14.3. The van der Waals surface area contributed by atoms with Gasteiger partial charge in [-0.3, -0.25) is 0 Å². The van der Waals surface area contributed by atoms with Crippen LogP contribution in [0.15, 0.2) is 42.5 Å². The number of aryl methyl sites for hydroxylation is 1. The molecule has 2 aromatic rings. The number of halogens is 1. The highest BCUT2D eigenvalue weighted by Gasteiger charge is 2.10. The van der Waals surface area contributed by atoms with Gasteiger partial charge in [0.15, 0.2) is 0 Å². The number of anilines is 2. The van der Waals surface area contributed by atoms with Crippen LogP contribution in [0.2, 0.25) is 0 Å². The van der Waals surface area contributed by atoms with Crippen molar-refractivity contribution in [1.82, 2.24) is 5.32 Å². The lowest BCUT2D eigenvalue weighted by Gasteiger charge is -2.21. The summed E-state index contributed by atoms with van der Waals surface area (Å²) in [5, 5.41) is 3.20. The summed E-state index contributed by atoms with van der Waals surface area (Å²) in [4.78, 5) is 1.88. The van der Waals surface area contributed by atoms with Crippen molar-refractivity contribution in [2.45, 2.75) is 26.8 Å². The number of nitrogens with zero attached hydrogens (tertiary/aromatic N) is 1. The lowest BCUT2D eigenvalue weighted by Crippen LogP contribution is -2.14. The SMILES string of the molecule is CCNCc1ccc(N(C)c2ccc(CC)cc2)c(F)c1. The number of hydrogen-bond acceptors (Lipinski definition) is 2. The predicted octanol–water partition coefficient (Wildman–Crippen LogP) is 4.27. The fraction of sp³-hybridized carbons (Fsp3) is 0.333. The minimum atomic E-state index is -0.188. The molecule has 0 bridgehead atoms. The van der Waals surface area contributed by atoms with Gasteiger partial charge in [-0.15, -0.1) is 0 Å². The van der Waals surface area contributed by atoms with Crippen molar-refractivity contribution in [2.75, 3.05) is 18.5 Å². The molecule has 0 saturated heterocycles. The van der Waals surface area contributed by atoms with E-state index in [-0.39, 0.29) is 5.82 Å². The standard InChI is InChI=1S/C18H23FN2/c1-4-14-6-9-16(10-7-14)21(3)18-11-8-15(12-17(18)19)13-20-5-2/h6-12,20H,4-5,13H2,1-3H3. The zero-order valence-electron chi connectivity index (χ0n) is 13.0. The molecule has 1 N–H and O–H groups in total. The van der Waals surface area contributed by atoms with Gasteiger partial charge in [0, 0.05) is 19.3 Å². The lowest BCUT2D eigenvalue weighted by molar-refractivity contribution is 0.622. The van der Waals surface area contributed by atoms with Gasteiger partial charge < -0.3 is 10.2 Å². The van der Waals surface area contributed by atoms with Gasteiger partial charge >= 0.3 is 0 Å². The third-order valence-electron chi connectivity index (χ3n) is 3.68. The van der Waals surface area contributed by atoms with Gasteiger partial charge in [0.05, 0.1) is 5.69 Å². The van der Waals surface area contributed by atoms with E-state index in [1.54, 1.807) is 6.07 Å². The van der Waals surface area contributed by atoms with Crippen molar-refractivity contribution < 1.29 is 4.39 Å². The van der Waals surface area contributed by atoms with Crippen LogP contribution in [0.1, 0.15) is 25.0 Å². The molecule has 0 spiro atoms. The molecule has 0 aliphatic heterocycles. The summed E-state index contributed by atoms with van der Waals surface area (Å²) in [7, 11) is 1.89. The Morgan fingerprint density at radius 1 is 1.00 bits per heavy atom. The van der Waals surface area contributed by atoms with Crippen LogP contribution in [-0.4, -0.2) is 13.6 Å². The fourth-order valence-electron chi connectivity index (χ4n) is 2.30. The molecule has 112 valence electrons. The monoisotopic (exact) mass is 286 g/mol. The van der Waals surface area contributed by atoms with E-state index in [0.29, 0.717) is 12.2 Å². The number of rotatable bonds is 6. The van der Waals surface area contributed by atoms with Crippen molar-refractivity contribution in [3.63, 3.8) is 0 Å². The number of nitrogens with one attached hydrogen (secondary N) is 1. The largest absolute Gasteiger partial charge is 0.342 e. The topological polar surface area (TPSA) is 15.3 Å². The molecule has 2 rings (SSSR count). The molecular formula is C18H23FN2. The molecule has 2 nitrogen and oxygen atoms in total. The van der Waals surface area contributed by atoms with Crippen LogP contribution >= 0.6 is 0 Å². The minimum absolute atomic E-state index is 0.188. The van der Waals surface area contributed by atoms with E-state index in [2.05, 4.69) is 24.4 Å². The molecule has 0 atom stereocenters. The van der Waals surface area contributed by atoms with E-state index < -0.39 is 0 Å². The zero-order chi connectivity index (χ0) is 15.2. The van der Waals surface area contributed by atoms with Crippen LogP contribution in [0.4, 0.5) is 15.8 Å². The van der Waals surface area contributed by atoms with Crippen LogP contribution in [0, 0.1) is 5.82 Å². The highest BCUT2D eigenvalue weighted by Crippen LogP contribution is 2.27. The maximum absolute atomic E-state index is 14.3. The molecule has 0 saturated carbocycles. The van der Waals surface area contributed by atoms with Gasteiger partial charge in [-0.05, 0) is 48.4 Å². The Labute approximate surface area is 126 Å². The van der Waals surface area contributed by atoms with Crippen molar-refractivity contribution in [3.05, 3.63) is 59.4 Å². The van der Waals surface area contributed by atoms with Crippen molar-refractivity contribution >= 4 is 11.4 Å². The summed E-state index contributed by atoms with van der Waals surface area (Å²) in [6.45, 7) is 5.75. The summed E-state index contributed by atoms with van der Waals surface area (Å²) < 4.78 is 14.3. The van der Waals surface area contributed by atoms with E-state index in [0.717, 1.165) is 24.2 Å². The van der Waals surface area contributed by atoms with E-state index in [1.165, 1.54) is 5.56 Å². The number of hydrogen-bond donors (Lipinski definition) is 1. The average molecular weight is 286 g/mol. The molecule has 0 unspecified atom stereocenters. The van der Waals surface area contributed by atoms with Crippen LogP contribution in [-0.2, 0) is 13.0 Å². The minimum Gasteiger partial charge on any atom is -0.342 e. The second kappa shape index (κ2) is 7.23. The number of benzene rings is 2. The van der Waals surface area contributed by atoms with E-state index >= 15 is 0 Å². The molecule has 0 aliphatic carbocycles. The van der Waals surface area contributed by atoms with Gasteiger partial charge in [-0.1, -0.05) is 32.0 Å². The van der Waals surface area contributed by atoms with Crippen molar-refractivity contribution in [1.29, 1.82) is 0 Å². The Morgan fingerprint density at radius 2 is 1.67 bits per heavy atom. The second-order valence-corrected chi connectivity index (χ2v) is 5.15. The smallest absolute Gasteiger partial charge is 0.147 e. The molecule has 0 radical (unpaired) electrons. The first kappa shape index (κ1) is 15.5. The summed E-state index contributed by atoms with van der Waals surface area (Å²) in [5.41, 5.74) is 3.84. The van der Waals surface area contributed by atoms with Crippen LogP contribution < -0.4 is 10.2 Å². The zero-order valence-corrected chi connectivity index (χ0v) is 13.0. The quantitative estimate of drug-likeness (QED) is 0.853. The van der Waals surface area contributed by atoms with E-state index in [1.807, 2.05) is 43.1 Å². The third kappa shape index (κ3) is 3.82. The summed E-state index contributed by atoms with van der Waals surface area (Å²) >= 11 is 0. The molecule has 0 amide bonds. The summed E-state index contributed by atoms with van der Waals surface area (Å²) in [5.74, 6) is -0.188. The lowest BCUT2D eigenvalue weighted by atomic mass is 10.1. The molecule has 0 aliphatic rings. The first-order valence-corrected chi connectivity index (χ1v) is 7.47. The van der Waals surface area contributed by atoms with Gasteiger partial charge in [-0.25, -0.2) is 4.39 Å². The fourth-order valence-corrected chi connectivity index (χ4v) is 2.30. The van der Waals surface area contributed by atoms with Gasteiger partial charge in [0.25, 0.3) is 0 Å². The normalized spacial score (nSPS) is 10.7. The first-order chi connectivity index (χ1) is 10.2. The molecular weight excluding hydrogens is 263 g/mol. The van der Waals surface area contributed by atoms with Gasteiger partial charge in [-0.2, -0.15) is 0 Å². The summed E-state index contributed by atoms with van der Waals surface area (Å²) in [6, 6.07) is 13.7. The van der Waals surface area contributed by atoms with E-state index in [9.17, 15) is 4.39 Å². The molecule has 0 heterocycles. The van der Waals surface area contributed by atoms with Crippen LogP contribution in [0.5, 0.6) is 0 Å². The molecule has 0 fully saturated rings. The highest BCUT2D eigenvalue weighted by molar-refractivity contribution is 5.63. The average Bonchev–Trinajstić information content (AvgIpc) is 2.52. The second-order valence-electron chi connectivity index (χ2n) is 5.15. The Balaban J connectivity index is 2.19.